The van der Waals surface area contributed by atoms with Crippen LogP contribution in [-0.4, -0.2) is 55.0 Å². The van der Waals surface area contributed by atoms with Gasteiger partial charge in [-0.15, -0.1) is 0 Å². The molecule has 0 spiro atoms. The summed E-state index contributed by atoms with van der Waals surface area (Å²) in [4.78, 5) is 16.3. The molecule has 0 aliphatic carbocycles. The summed E-state index contributed by atoms with van der Waals surface area (Å²) in [5.74, 6) is -0.349. The van der Waals surface area contributed by atoms with Gasteiger partial charge in [-0.2, -0.15) is 0 Å². The normalized spacial score (nSPS) is 16.6. The molecule has 1 amide bonds. The van der Waals surface area contributed by atoms with E-state index in [-0.39, 0.29) is 11.5 Å². The Morgan fingerprint density at radius 2 is 1.90 bits per heavy atom. The van der Waals surface area contributed by atoms with Crippen LogP contribution in [0.3, 0.4) is 0 Å². The van der Waals surface area contributed by atoms with Crippen LogP contribution in [0.15, 0.2) is 18.2 Å². The van der Waals surface area contributed by atoms with E-state index in [1.165, 1.54) is 19.2 Å². The second-order valence-electron chi connectivity index (χ2n) is 5.27. The average Bonchev–Trinajstić information content (AvgIpc) is 2.46. The summed E-state index contributed by atoms with van der Waals surface area (Å²) in [6.07, 6.45) is 0. The molecule has 1 fully saturated rings. The molecule has 1 aromatic carbocycles. The zero-order valence-electron chi connectivity index (χ0n) is 12.2. The maximum Gasteiger partial charge on any atom is 0.256 e. The predicted molar refractivity (Wildman–Crippen MR) is 75.6 cm³/mol. The molecule has 0 bridgehead atoms. The number of carbonyl (C=O) groups excluding carboxylic acids is 1. The molecule has 20 heavy (non-hydrogen) atoms. The van der Waals surface area contributed by atoms with Crippen molar-refractivity contribution in [2.75, 3.05) is 33.3 Å². The minimum Gasteiger partial charge on any atom is -0.497 e. The quantitative estimate of drug-likeness (QED) is 0.849. The van der Waals surface area contributed by atoms with E-state index in [0.717, 1.165) is 13.1 Å². The van der Waals surface area contributed by atoms with Crippen molar-refractivity contribution in [3.63, 3.8) is 0 Å². The maximum absolute atomic E-state index is 13.9. The molecular formula is C15H21FN2O2. The largest absolute Gasteiger partial charge is 0.497 e. The van der Waals surface area contributed by atoms with Crippen LogP contribution < -0.4 is 4.74 Å². The number of carbonyl (C=O) groups is 1. The smallest absolute Gasteiger partial charge is 0.256 e. The fraction of sp³-hybridized carbons (Fsp3) is 0.533. The van der Waals surface area contributed by atoms with E-state index in [9.17, 15) is 9.18 Å². The van der Waals surface area contributed by atoms with Crippen molar-refractivity contribution >= 4 is 5.91 Å². The Kier molecular flexibility index (Phi) is 4.60. The molecule has 1 heterocycles. The Bertz CT molecular complexity index is 483. The SMILES string of the molecule is COc1ccc(C(=O)N2CCN(C(C)C)CC2)c(F)c1. The Balaban J connectivity index is 2.05. The minimum atomic E-state index is -0.527. The summed E-state index contributed by atoms with van der Waals surface area (Å²) < 4.78 is 18.9. The first kappa shape index (κ1) is 14.8. The van der Waals surface area contributed by atoms with Crippen molar-refractivity contribution in [3.05, 3.63) is 29.6 Å². The Morgan fingerprint density at radius 3 is 2.40 bits per heavy atom. The standard InChI is InChI=1S/C15H21FN2O2/c1-11(2)17-6-8-18(9-7-17)15(19)13-5-4-12(20-3)10-14(13)16/h4-5,10-11H,6-9H2,1-3H3. The van der Waals surface area contributed by atoms with E-state index < -0.39 is 5.82 Å². The van der Waals surface area contributed by atoms with E-state index in [1.807, 2.05) is 0 Å². The number of benzene rings is 1. The summed E-state index contributed by atoms with van der Waals surface area (Å²) in [5.41, 5.74) is 0.115. The number of hydrogen-bond acceptors (Lipinski definition) is 3. The lowest BCUT2D eigenvalue weighted by atomic mass is 10.1. The van der Waals surface area contributed by atoms with Crippen LogP contribution in [0.25, 0.3) is 0 Å². The van der Waals surface area contributed by atoms with Gasteiger partial charge in [-0.3, -0.25) is 9.69 Å². The van der Waals surface area contributed by atoms with Gasteiger partial charge in [0.15, 0.2) is 0 Å². The number of methoxy groups -OCH3 is 1. The van der Waals surface area contributed by atoms with Crippen LogP contribution in [0.1, 0.15) is 24.2 Å². The molecule has 1 saturated heterocycles. The fourth-order valence-electron chi connectivity index (χ4n) is 2.41. The maximum atomic E-state index is 13.9. The van der Waals surface area contributed by atoms with Crippen molar-refractivity contribution in [2.24, 2.45) is 0 Å². The summed E-state index contributed by atoms with van der Waals surface area (Å²) in [6, 6.07) is 4.83. The first-order valence-corrected chi connectivity index (χ1v) is 6.89. The minimum absolute atomic E-state index is 0.115. The van der Waals surface area contributed by atoms with Crippen LogP contribution in [0.4, 0.5) is 4.39 Å². The molecule has 110 valence electrons. The molecule has 0 atom stereocenters. The highest BCUT2D eigenvalue weighted by Crippen LogP contribution is 2.18. The van der Waals surface area contributed by atoms with Crippen molar-refractivity contribution in [3.8, 4) is 5.75 Å². The topological polar surface area (TPSA) is 32.8 Å². The zero-order chi connectivity index (χ0) is 14.7. The number of halogens is 1. The van der Waals surface area contributed by atoms with E-state index in [1.54, 1.807) is 11.0 Å². The number of ether oxygens (including phenoxy) is 1. The first-order valence-electron chi connectivity index (χ1n) is 6.89. The van der Waals surface area contributed by atoms with Crippen LogP contribution >= 0.6 is 0 Å². The number of rotatable bonds is 3. The number of hydrogen-bond donors (Lipinski definition) is 0. The lowest BCUT2D eigenvalue weighted by molar-refractivity contribution is 0.0591. The molecule has 1 aliphatic heterocycles. The van der Waals surface area contributed by atoms with Crippen LogP contribution in [0, 0.1) is 5.82 Å². The van der Waals surface area contributed by atoms with Gasteiger partial charge in [0.1, 0.15) is 11.6 Å². The molecule has 1 aliphatic rings. The molecule has 5 heteroatoms. The van der Waals surface area contributed by atoms with Gasteiger partial charge >= 0.3 is 0 Å². The van der Waals surface area contributed by atoms with Gasteiger partial charge in [0.25, 0.3) is 5.91 Å². The van der Waals surface area contributed by atoms with Gasteiger partial charge in [-0.1, -0.05) is 0 Å². The molecule has 4 nitrogen and oxygen atoms in total. The molecule has 2 rings (SSSR count). The van der Waals surface area contributed by atoms with Gasteiger partial charge in [0, 0.05) is 38.3 Å². The highest BCUT2D eigenvalue weighted by molar-refractivity contribution is 5.94. The van der Waals surface area contributed by atoms with Crippen LogP contribution in [0.5, 0.6) is 5.75 Å². The number of amides is 1. The molecule has 0 radical (unpaired) electrons. The molecule has 0 N–H and O–H groups in total. The summed E-state index contributed by atoms with van der Waals surface area (Å²) in [5, 5.41) is 0. The third-order valence-electron chi connectivity index (χ3n) is 3.74. The van der Waals surface area contributed by atoms with E-state index in [4.69, 9.17) is 4.74 Å². The highest BCUT2D eigenvalue weighted by Gasteiger charge is 2.25. The lowest BCUT2D eigenvalue weighted by Crippen LogP contribution is -2.50. The molecular weight excluding hydrogens is 259 g/mol. The van der Waals surface area contributed by atoms with Crippen molar-refractivity contribution in [2.45, 2.75) is 19.9 Å². The van der Waals surface area contributed by atoms with E-state index in [2.05, 4.69) is 18.7 Å². The summed E-state index contributed by atoms with van der Waals surface area (Å²) in [7, 11) is 1.47. The number of piperazine rings is 1. The number of nitrogens with zero attached hydrogens (tertiary/aromatic N) is 2. The third kappa shape index (κ3) is 3.10. The summed E-state index contributed by atoms with van der Waals surface area (Å²) >= 11 is 0. The molecule has 0 saturated carbocycles. The van der Waals surface area contributed by atoms with Crippen molar-refractivity contribution in [1.29, 1.82) is 0 Å². The monoisotopic (exact) mass is 280 g/mol. The summed E-state index contributed by atoms with van der Waals surface area (Å²) in [6.45, 7) is 7.23. The molecule has 0 unspecified atom stereocenters. The van der Waals surface area contributed by atoms with Gasteiger partial charge in [0.2, 0.25) is 0 Å². The zero-order valence-corrected chi connectivity index (χ0v) is 12.2. The van der Waals surface area contributed by atoms with Crippen molar-refractivity contribution < 1.29 is 13.9 Å². The Morgan fingerprint density at radius 1 is 1.25 bits per heavy atom. The second-order valence-corrected chi connectivity index (χ2v) is 5.27. The van der Waals surface area contributed by atoms with Gasteiger partial charge in [-0.05, 0) is 26.0 Å². The first-order chi connectivity index (χ1) is 9.52. The molecule has 0 aromatic heterocycles. The van der Waals surface area contributed by atoms with E-state index in [0.29, 0.717) is 24.9 Å². The lowest BCUT2D eigenvalue weighted by Gasteiger charge is -2.37. The van der Waals surface area contributed by atoms with E-state index >= 15 is 0 Å². The fourth-order valence-corrected chi connectivity index (χ4v) is 2.41. The third-order valence-corrected chi connectivity index (χ3v) is 3.74. The Hall–Kier alpha value is -1.62. The molecule has 1 aromatic rings. The van der Waals surface area contributed by atoms with Gasteiger partial charge in [-0.25, -0.2) is 4.39 Å². The predicted octanol–water partition coefficient (Wildman–Crippen LogP) is 2.00. The van der Waals surface area contributed by atoms with Crippen LogP contribution in [0.2, 0.25) is 0 Å². The van der Waals surface area contributed by atoms with Gasteiger partial charge < -0.3 is 9.64 Å². The average molecular weight is 280 g/mol. The second kappa shape index (κ2) is 6.22. The van der Waals surface area contributed by atoms with Crippen LogP contribution in [-0.2, 0) is 0 Å². The van der Waals surface area contributed by atoms with Crippen molar-refractivity contribution in [1.82, 2.24) is 9.80 Å². The van der Waals surface area contributed by atoms with Gasteiger partial charge in [0.05, 0.1) is 12.7 Å². The highest BCUT2D eigenvalue weighted by atomic mass is 19.1. The Labute approximate surface area is 119 Å².